The molecule has 7 nitrogen and oxygen atoms in total. The van der Waals surface area contributed by atoms with Gasteiger partial charge in [0.05, 0.1) is 0 Å². The molecule has 0 unspecified atom stereocenters. The average Bonchev–Trinajstić information content (AvgIpc) is 3.27. The van der Waals surface area contributed by atoms with Crippen LogP contribution in [-0.4, -0.2) is 45.5 Å². The Bertz CT molecular complexity index is 951. The molecule has 1 aliphatic heterocycles. The molecule has 1 amide bonds. The Morgan fingerprint density at radius 1 is 1.21 bits per heavy atom. The fourth-order valence-corrected chi connectivity index (χ4v) is 3.86. The van der Waals surface area contributed by atoms with Gasteiger partial charge in [-0.1, -0.05) is 6.07 Å². The standard InChI is InChI=1S/C19H19F2N3O4/c20-12-4-2-6-14(15(12)21)24-13-5-1-3-11(13)16(23-24)17(25)22-19(18(26)27)7-9-28-10-8-19/h2,4,6H,1,3,5,7-10H2,(H,22,25)(H,26,27). The van der Waals surface area contributed by atoms with E-state index in [9.17, 15) is 23.5 Å². The quantitative estimate of drug-likeness (QED) is 0.832. The number of aromatic nitrogens is 2. The summed E-state index contributed by atoms with van der Waals surface area (Å²) in [6, 6.07) is 3.78. The fourth-order valence-electron chi connectivity index (χ4n) is 3.86. The second-order valence-corrected chi connectivity index (χ2v) is 7.07. The first-order valence-electron chi connectivity index (χ1n) is 9.12. The smallest absolute Gasteiger partial charge is 0.329 e. The van der Waals surface area contributed by atoms with Crippen LogP contribution >= 0.6 is 0 Å². The minimum atomic E-state index is -1.42. The van der Waals surface area contributed by atoms with Crippen molar-refractivity contribution in [3.05, 3.63) is 46.8 Å². The van der Waals surface area contributed by atoms with Crippen molar-refractivity contribution >= 4 is 11.9 Å². The lowest BCUT2D eigenvalue weighted by Gasteiger charge is -2.33. The molecule has 9 heteroatoms. The molecule has 2 heterocycles. The number of hydrogen-bond donors (Lipinski definition) is 2. The number of carbonyl (C=O) groups excluding carboxylic acids is 1. The van der Waals surface area contributed by atoms with Crippen LogP contribution in [-0.2, 0) is 22.4 Å². The average molecular weight is 391 g/mol. The van der Waals surface area contributed by atoms with Crippen LogP contribution in [0.1, 0.15) is 41.0 Å². The van der Waals surface area contributed by atoms with Crippen molar-refractivity contribution in [2.24, 2.45) is 0 Å². The summed E-state index contributed by atoms with van der Waals surface area (Å²) in [7, 11) is 0. The first kappa shape index (κ1) is 18.5. The van der Waals surface area contributed by atoms with Gasteiger partial charge in [0.1, 0.15) is 11.2 Å². The molecule has 0 saturated carbocycles. The summed E-state index contributed by atoms with van der Waals surface area (Å²) in [5.74, 6) is -3.80. The lowest BCUT2D eigenvalue weighted by molar-refractivity contribution is -0.148. The van der Waals surface area contributed by atoms with Crippen LogP contribution in [0.4, 0.5) is 8.78 Å². The van der Waals surface area contributed by atoms with Gasteiger partial charge in [-0.25, -0.2) is 18.3 Å². The summed E-state index contributed by atoms with van der Waals surface area (Å²) in [5.41, 5.74) is -0.145. The van der Waals surface area contributed by atoms with Gasteiger partial charge in [-0.3, -0.25) is 4.79 Å². The Morgan fingerprint density at radius 3 is 2.68 bits per heavy atom. The van der Waals surface area contributed by atoms with Crippen molar-refractivity contribution in [1.82, 2.24) is 15.1 Å². The summed E-state index contributed by atoms with van der Waals surface area (Å²) in [5, 5.41) is 16.5. The molecule has 2 N–H and O–H groups in total. The molecule has 1 aromatic heterocycles. The SMILES string of the molecule is O=C(NC1(C(=O)O)CCOCC1)c1nn(-c2cccc(F)c2F)c2c1CCC2. The van der Waals surface area contributed by atoms with Crippen LogP contribution in [0.25, 0.3) is 5.69 Å². The van der Waals surface area contributed by atoms with Crippen LogP contribution in [0, 0.1) is 11.6 Å². The summed E-state index contributed by atoms with van der Waals surface area (Å²) in [6.07, 6.45) is 2.19. The number of amides is 1. The van der Waals surface area contributed by atoms with Gasteiger partial charge in [-0.05, 0) is 31.4 Å². The van der Waals surface area contributed by atoms with Crippen LogP contribution in [0.3, 0.4) is 0 Å². The predicted octanol–water partition coefficient (Wildman–Crippen LogP) is 2.00. The lowest BCUT2D eigenvalue weighted by atomic mass is 9.90. The van der Waals surface area contributed by atoms with Crippen molar-refractivity contribution < 1.29 is 28.2 Å². The minimum absolute atomic E-state index is 0.0586. The number of aliphatic carboxylic acids is 1. The largest absolute Gasteiger partial charge is 0.480 e. The molecular formula is C19H19F2N3O4. The number of carbonyl (C=O) groups is 2. The number of benzene rings is 1. The Morgan fingerprint density at radius 2 is 1.96 bits per heavy atom. The zero-order chi connectivity index (χ0) is 19.9. The topological polar surface area (TPSA) is 93.5 Å². The zero-order valence-corrected chi connectivity index (χ0v) is 15.0. The molecule has 0 spiro atoms. The van der Waals surface area contributed by atoms with E-state index in [1.807, 2.05) is 0 Å². The number of fused-ring (bicyclic) bond motifs is 1. The van der Waals surface area contributed by atoms with E-state index < -0.39 is 29.0 Å². The van der Waals surface area contributed by atoms with Crippen LogP contribution in [0.2, 0.25) is 0 Å². The number of rotatable bonds is 4. The van der Waals surface area contributed by atoms with E-state index >= 15 is 0 Å². The molecule has 4 rings (SSSR count). The van der Waals surface area contributed by atoms with Gasteiger partial charge < -0.3 is 15.2 Å². The predicted molar refractivity (Wildman–Crippen MR) is 93.4 cm³/mol. The van der Waals surface area contributed by atoms with E-state index in [0.29, 0.717) is 24.1 Å². The second-order valence-electron chi connectivity index (χ2n) is 7.07. The highest BCUT2D eigenvalue weighted by atomic mass is 19.2. The molecule has 1 aliphatic carbocycles. The molecule has 1 saturated heterocycles. The molecule has 1 aromatic carbocycles. The van der Waals surface area contributed by atoms with Gasteiger partial charge in [0, 0.05) is 37.3 Å². The first-order chi connectivity index (χ1) is 13.4. The minimum Gasteiger partial charge on any atom is -0.480 e. The van der Waals surface area contributed by atoms with Gasteiger partial charge in [-0.15, -0.1) is 0 Å². The van der Waals surface area contributed by atoms with E-state index in [1.54, 1.807) is 0 Å². The summed E-state index contributed by atoms with van der Waals surface area (Å²) in [6.45, 7) is 0.460. The Balaban J connectivity index is 1.72. The number of halogens is 2. The highest BCUT2D eigenvalue weighted by Crippen LogP contribution is 2.30. The van der Waals surface area contributed by atoms with Gasteiger partial charge in [0.15, 0.2) is 17.3 Å². The lowest BCUT2D eigenvalue weighted by Crippen LogP contribution is -2.57. The monoisotopic (exact) mass is 391 g/mol. The molecule has 148 valence electrons. The van der Waals surface area contributed by atoms with E-state index in [4.69, 9.17) is 4.74 Å². The summed E-state index contributed by atoms with van der Waals surface area (Å²) in [4.78, 5) is 24.7. The molecule has 2 aromatic rings. The maximum absolute atomic E-state index is 14.3. The maximum Gasteiger partial charge on any atom is 0.329 e. The Hall–Kier alpha value is -2.81. The molecule has 1 fully saturated rings. The van der Waals surface area contributed by atoms with E-state index in [-0.39, 0.29) is 37.4 Å². The number of carboxylic acids is 1. The van der Waals surface area contributed by atoms with Crippen molar-refractivity contribution in [3.8, 4) is 5.69 Å². The van der Waals surface area contributed by atoms with Crippen LogP contribution in [0.15, 0.2) is 18.2 Å². The molecule has 2 aliphatic rings. The first-order valence-corrected chi connectivity index (χ1v) is 9.12. The molecule has 0 radical (unpaired) electrons. The molecule has 0 atom stereocenters. The highest BCUT2D eigenvalue weighted by molar-refractivity contribution is 5.98. The third-order valence-corrected chi connectivity index (χ3v) is 5.41. The molecule has 0 bridgehead atoms. The van der Waals surface area contributed by atoms with Crippen LogP contribution < -0.4 is 5.32 Å². The molecule has 28 heavy (non-hydrogen) atoms. The number of nitrogens with zero attached hydrogens (tertiary/aromatic N) is 2. The molecular weight excluding hydrogens is 372 g/mol. The third-order valence-electron chi connectivity index (χ3n) is 5.41. The Kier molecular flexibility index (Phi) is 4.62. The zero-order valence-electron chi connectivity index (χ0n) is 15.0. The third kappa shape index (κ3) is 2.95. The van der Waals surface area contributed by atoms with Crippen LogP contribution in [0.5, 0.6) is 0 Å². The number of hydrogen-bond acceptors (Lipinski definition) is 4. The normalized spacial score (nSPS) is 17.9. The van der Waals surface area contributed by atoms with Crippen molar-refractivity contribution in [1.29, 1.82) is 0 Å². The van der Waals surface area contributed by atoms with E-state index in [2.05, 4.69) is 10.4 Å². The fraction of sp³-hybridized carbons (Fsp3) is 0.421. The van der Waals surface area contributed by atoms with E-state index in [1.165, 1.54) is 16.8 Å². The highest BCUT2D eigenvalue weighted by Gasteiger charge is 2.43. The maximum atomic E-state index is 14.3. The van der Waals surface area contributed by atoms with Gasteiger partial charge >= 0.3 is 5.97 Å². The van der Waals surface area contributed by atoms with Crippen molar-refractivity contribution in [2.45, 2.75) is 37.6 Å². The van der Waals surface area contributed by atoms with Gasteiger partial charge in [-0.2, -0.15) is 5.10 Å². The number of ether oxygens (including phenoxy) is 1. The summed E-state index contributed by atoms with van der Waals surface area (Å²) < 4.78 is 34.4. The van der Waals surface area contributed by atoms with Crippen molar-refractivity contribution in [3.63, 3.8) is 0 Å². The van der Waals surface area contributed by atoms with Gasteiger partial charge in [0.25, 0.3) is 5.91 Å². The summed E-state index contributed by atoms with van der Waals surface area (Å²) >= 11 is 0. The number of carboxylic acid groups (broad SMARTS) is 1. The Labute approximate surface area is 159 Å². The van der Waals surface area contributed by atoms with E-state index in [0.717, 1.165) is 12.5 Å². The second kappa shape index (κ2) is 6.97. The number of nitrogens with one attached hydrogen (secondary N) is 1. The van der Waals surface area contributed by atoms with Crippen molar-refractivity contribution in [2.75, 3.05) is 13.2 Å². The van der Waals surface area contributed by atoms with Gasteiger partial charge in [0.2, 0.25) is 0 Å².